The summed E-state index contributed by atoms with van der Waals surface area (Å²) in [5.41, 5.74) is 0. The van der Waals surface area contributed by atoms with E-state index in [1.54, 1.807) is 0 Å². The molecule has 0 rings (SSSR count). The predicted molar refractivity (Wildman–Crippen MR) is 55.6 cm³/mol. The third kappa shape index (κ3) is 7.79. The lowest BCUT2D eigenvalue weighted by Crippen LogP contribution is -2.45. The second-order valence-electron chi connectivity index (χ2n) is 4.26. The molecule has 2 nitrogen and oxygen atoms in total. The Morgan fingerprint density at radius 1 is 1.25 bits per heavy atom. The molecule has 0 spiro atoms. The number of hydrogen-bond donors (Lipinski definition) is 1. The normalized spacial score (nSPS) is 11.3. The van der Waals surface area contributed by atoms with Crippen LogP contribution in [0.2, 0.25) is 19.6 Å². The second kappa shape index (κ2) is 5.35. The highest BCUT2D eigenvalue weighted by Gasteiger charge is 2.15. The van der Waals surface area contributed by atoms with Gasteiger partial charge < -0.3 is 4.98 Å². The SMILES string of the molecule is CCCCCC(=O)N[Si](C)(C)C. The van der Waals surface area contributed by atoms with Crippen LogP contribution in [0.5, 0.6) is 0 Å². The van der Waals surface area contributed by atoms with E-state index in [9.17, 15) is 4.79 Å². The van der Waals surface area contributed by atoms with Crippen LogP contribution in [-0.2, 0) is 4.79 Å². The summed E-state index contributed by atoms with van der Waals surface area (Å²) in [4.78, 5) is 14.3. The molecule has 0 aromatic carbocycles. The zero-order valence-corrected chi connectivity index (χ0v) is 9.74. The van der Waals surface area contributed by atoms with Crippen molar-refractivity contribution in [1.29, 1.82) is 0 Å². The van der Waals surface area contributed by atoms with Gasteiger partial charge in [-0.25, -0.2) is 0 Å². The van der Waals surface area contributed by atoms with Crippen LogP contribution >= 0.6 is 0 Å². The number of unbranched alkanes of at least 4 members (excludes halogenated alkanes) is 2. The van der Waals surface area contributed by atoms with Gasteiger partial charge in [0.2, 0.25) is 5.91 Å². The Balaban J connectivity index is 3.47. The molecule has 0 saturated heterocycles. The molecular formula is C9H21NOSi. The fourth-order valence-electron chi connectivity index (χ4n) is 1.02. The number of nitrogens with one attached hydrogen (secondary N) is 1. The predicted octanol–water partition coefficient (Wildman–Crippen LogP) is 2.52. The molecule has 0 aliphatic heterocycles. The van der Waals surface area contributed by atoms with Crippen molar-refractivity contribution >= 4 is 14.1 Å². The first-order valence-electron chi connectivity index (χ1n) is 4.76. The van der Waals surface area contributed by atoms with Crippen LogP contribution in [0.1, 0.15) is 32.6 Å². The van der Waals surface area contributed by atoms with Gasteiger partial charge >= 0.3 is 0 Å². The van der Waals surface area contributed by atoms with Crippen LogP contribution in [0.15, 0.2) is 0 Å². The number of amides is 1. The summed E-state index contributed by atoms with van der Waals surface area (Å²) in [6, 6.07) is 0. The maximum atomic E-state index is 11.3. The van der Waals surface area contributed by atoms with Gasteiger partial charge in [0.25, 0.3) is 0 Å². The van der Waals surface area contributed by atoms with Crippen molar-refractivity contribution in [3.8, 4) is 0 Å². The van der Waals surface area contributed by atoms with Gasteiger partial charge in [-0.15, -0.1) is 0 Å². The molecule has 0 saturated carbocycles. The first-order valence-corrected chi connectivity index (χ1v) is 8.26. The van der Waals surface area contributed by atoms with Crippen LogP contribution in [-0.4, -0.2) is 14.1 Å². The van der Waals surface area contributed by atoms with Gasteiger partial charge in [-0.2, -0.15) is 0 Å². The molecule has 3 heteroatoms. The third-order valence-electron chi connectivity index (χ3n) is 1.52. The van der Waals surface area contributed by atoms with Gasteiger partial charge in [-0.3, -0.25) is 4.79 Å². The topological polar surface area (TPSA) is 29.1 Å². The fraction of sp³-hybridized carbons (Fsp3) is 0.889. The van der Waals surface area contributed by atoms with Crippen molar-refractivity contribution in [3.63, 3.8) is 0 Å². The van der Waals surface area contributed by atoms with Gasteiger partial charge in [-0.1, -0.05) is 39.4 Å². The lowest BCUT2D eigenvalue weighted by atomic mass is 10.2. The number of carbonyl (C=O) groups is 1. The van der Waals surface area contributed by atoms with E-state index in [0.29, 0.717) is 6.42 Å². The van der Waals surface area contributed by atoms with E-state index in [4.69, 9.17) is 0 Å². The van der Waals surface area contributed by atoms with Gasteiger partial charge in [0.1, 0.15) is 8.24 Å². The Kier molecular flexibility index (Phi) is 5.21. The second-order valence-corrected chi connectivity index (χ2v) is 9.01. The minimum atomic E-state index is -1.38. The summed E-state index contributed by atoms with van der Waals surface area (Å²) in [6.45, 7) is 8.58. The monoisotopic (exact) mass is 187 g/mol. The maximum Gasteiger partial charge on any atom is 0.212 e. The molecule has 0 fully saturated rings. The summed E-state index contributed by atoms with van der Waals surface area (Å²) in [7, 11) is -1.38. The zero-order valence-electron chi connectivity index (χ0n) is 8.74. The molecule has 0 heterocycles. The third-order valence-corrected chi connectivity index (χ3v) is 2.55. The summed E-state index contributed by atoms with van der Waals surface area (Å²) >= 11 is 0. The van der Waals surface area contributed by atoms with Crippen molar-refractivity contribution in [1.82, 2.24) is 4.98 Å². The Labute approximate surface area is 76.8 Å². The van der Waals surface area contributed by atoms with Crippen molar-refractivity contribution in [3.05, 3.63) is 0 Å². The minimum Gasteiger partial charge on any atom is -0.382 e. The number of carbonyl (C=O) groups excluding carboxylic acids is 1. The van der Waals surface area contributed by atoms with Crippen molar-refractivity contribution in [2.24, 2.45) is 0 Å². The highest BCUT2D eigenvalue weighted by molar-refractivity contribution is 6.75. The Bertz CT molecular complexity index is 140. The lowest BCUT2D eigenvalue weighted by molar-refractivity contribution is -0.119. The van der Waals surface area contributed by atoms with Crippen LogP contribution in [0, 0.1) is 0 Å². The summed E-state index contributed by atoms with van der Waals surface area (Å²) in [5.74, 6) is 0.239. The standard InChI is InChI=1S/C9H21NOSi/c1-5-6-7-8-9(11)10-12(2,3)4/h5-8H2,1-4H3,(H,10,11). The van der Waals surface area contributed by atoms with E-state index in [-0.39, 0.29) is 5.91 Å². The van der Waals surface area contributed by atoms with Crippen molar-refractivity contribution in [2.45, 2.75) is 52.2 Å². The van der Waals surface area contributed by atoms with Gasteiger partial charge in [-0.05, 0) is 6.42 Å². The zero-order chi connectivity index (χ0) is 9.61. The first kappa shape index (κ1) is 11.7. The van der Waals surface area contributed by atoms with Gasteiger partial charge in [0.05, 0.1) is 0 Å². The van der Waals surface area contributed by atoms with E-state index >= 15 is 0 Å². The molecule has 0 aromatic rings. The van der Waals surface area contributed by atoms with E-state index in [1.807, 2.05) is 0 Å². The Hall–Kier alpha value is -0.313. The van der Waals surface area contributed by atoms with Crippen molar-refractivity contribution in [2.75, 3.05) is 0 Å². The number of hydrogen-bond acceptors (Lipinski definition) is 1. The summed E-state index contributed by atoms with van der Waals surface area (Å²) < 4.78 is 0. The Morgan fingerprint density at radius 2 is 1.83 bits per heavy atom. The molecule has 0 unspecified atom stereocenters. The first-order chi connectivity index (χ1) is 5.45. The molecule has 0 aliphatic carbocycles. The average molecular weight is 187 g/mol. The fourth-order valence-corrected chi connectivity index (χ4v) is 1.98. The van der Waals surface area contributed by atoms with E-state index < -0.39 is 8.24 Å². The van der Waals surface area contributed by atoms with Crippen LogP contribution in [0.25, 0.3) is 0 Å². The minimum absolute atomic E-state index is 0.239. The van der Waals surface area contributed by atoms with Crippen molar-refractivity contribution < 1.29 is 4.79 Å². The largest absolute Gasteiger partial charge is 0.382 e. The maximum absolute atomic E-state index is 11.3. The van der Waals surface area contributed by atoms with Crippen LogP contribution in [0.3, 0.4) is 0 Å². The molecule has 0 aromatic heterocycles. The Morgan fingerprint density at radius 3 is 2.25 bits per heavy atom. The van der Waals surface area contributed by atoms with E-state index in [0.717, 1.165) is 6.42 Å². The molecule has 12 heavy (non-hydrogen) atoms. The molecule has 72 valence electrons. The highest BCUT2D eigenvalue weighted by atomic mass is 28.3. The highest BCUT2D eigenvalue weighted by Crippen LogP contribution is 2.01. The molecule has 0 radical (unpaired) electrons. The van der Waals surface area contributed by atoms with Gasteiger partial charge in [0, 0.05) is 6.42 Å². The smallest absolute Gasteiger partial charge is 0.212 e. The van der Waals surface area contributed by atoms with Crippen LogP contribution < -0.4 is 4.98 Å². The average Bonchev–Trinajstić information content (AvgIpc) is 1.84. The molecule has 1 N–H and O–H groups in total. The molecule has 0 aliphatic rings. The summed E-state index contributed by atoms with van der Waals surface area (Å²) in [6.07, 6.45) is 4.09. The quantitative estimate of drug-likeness (QED) is 0.520. The van der Waals surface area contributed by atoms with E-state index in [2.05, 4.69) is 31.5 Å². The number of rotatable bonds is 5. The molecule has 1 amide bonds. The lowest BCUT2D eigenvalue weighted by Gasteiger charge is -2.17. The molecule has 0 bridgehead atoms. The summed E-state index contributed by atoms with van der Waals surface area (Å²) in [5, 5.41) is 0. The molecular weight excluding hydrogens is 166 g/mol. The van der Waals surface area contributed by atoms with E-state index in [1.165, 1.54) is 12.8 Å². The van der Waals surface area contributed by atoms with Gasteiger partial charge in [0.15, 0.2) is 0 Å². The van der Waals surface area contributed by atoms with Crippen LogP contribution in [0.4, 0.5) is 0 Å². The molecule has 0 atom stereocenters.